The molecule has 0 aromatic heterocycles. The number of hydrogen-bond acceptors (Lipinski definition) is 4. The van der Waals surface area contributed by atoms with Gasteiger partial charge < -0.3 is 14.9 Å². The van der Waals surface area contributed by atoms with E-state index >= 15 is 0 Å². The molecule has 2 fully saturated rings. The minimum absolute atomic E-state index is 0.0487. The number of benzene rings is 2. The van der Waals surface area contributed by atoms with Gasteiger partial charge in [-0.15, -0.1) is 0 Å². The zero-order valence-electron chi connectivity index (χ0n) is 15.2. The van der Waals surface area contributed by atoms with Gasteiger partial charge in [0.25, 0.3) is 0 Å². The van der Waals surface area contributed by atoms with E-state index in [9.17, 15) is 14.3 Å². The van der Waals surface area contributed by atoms with Crippen LogP contribution in [0.15, 0.2) is 48.5 Å². The average Bonchev–Trinajstić information content (AvgIpc) is 3.05. The van der Waals surface area contributed by atoms with Gasteiger partial charge in [-0.1, -0.05) is 12.1 Å². The van der Waals surface area contributed by atoms with Gasteiger partial charge in [-0.2, -0.15) is 0 Å². The Balaban J connectivity index is 1.33. The third kappa shape index (κ3) is 3.90. The summed E-state index contributed by atoms with van der Waals surface area (Å²) in [5.74, 6) is 0.198. The van der Waals surface area contributed by atoms with Crippen LogP contribution in [-0.2, 0) is 11.3 Å². The van der Waals surface area contributed by atoms with Gasteiger partial charge in [0.2, 0.25) is 5.91 Å². The largest absolute Gasteiger partial charge is 0.508 e. The summed E-state index contributed by atoms with van der Waals surface area (Å²) in [4.78, 5) is 19.3. The maximum Gasteiger partial charge on any atom is 0.240 e. The molecular weight excluding hydrogens is 345 g/mol. The molecule has 27 heavy (non-hydrogen) atoms. The highest BCUT2D eigenvalue weighted by Gasteiger charge is 2.37. The molecule has 0 radical (unpaired) electrons. The van der Waals surface area contributed by atoms with Crippen molar-refractivity contribution in [2.75, 3.05) is 37.6 Å². The summed E-state index contributed by atoms with van der Waals surface area (Å²) in [5.41, 5.74) is 2.06. The molecule has 1 N–H and O–H groups in total. The smallest absolute Gasteiger partial charge is 0.240 e. The van der Waals surface area contributed by atoms with Crippen LogP contribution in [0.1, 0.15) is 12.0 Å². The van der Waals surface area contributed by atoms with Gasteiger partial charge in [-0.05, 0) is 48.4 Å². The zero-order chi connectivity index (χ0) is 18.8. The van der Waals surface area contributed by atoms with Crippen molar-refractivity contribution in [3.05, 3.63) is 59.9 Å². The molecule has 2 saturated heterocycles. The van der Waals surface area contributed by atoms with Gasteiger partial charge in [-0.3, -0.25) is 9.69 Å². The normalized spacial score (nSPS) is 21.1. The van der Waals surface area contributed by atoms with Gasteiger partial charge in [0.15, 0.2) is 0 Å². The molecule has 0 aliphatic carbocycles. The van der Waals surface area contributed by atoms with Gasteiger partial charge in [0.1, 0.15) is 11.6 Å². The third-order valence-corrected chi connectivity index (χ3v) is 5.53. The van der Waals surface area contributed by atoms with Crippen molar-refractivity contribution < 1.29 is 14.3 Å². The Morgan fingerprint density at radius 1 is 0.926 bits per heavy atom. The van der Waals surface area contributed by atoms with Crippen LogP contribution in [0.25, 0.3) is 0 Å². The standard InChI is InChI=1S/C21H24FN3O2/c22-17-3-1-16(2-4-17)15-25-10-9-20(21(25)27)24-13-11-23(12-14-24)18-5-7-19(26)8-6-18/h1-8,20,26H,9-15H2. The molecule has 0 spiro atoms. The average molecular weight is 369 g/mol. The summed E-state index contributed by atoms with van der Waals surface area (Å²) in [6.07, 6.45) is 0.846. The molecular formula is C21H24FN3O2. The Morgan fingerprint density at radius 3 is 2.26 bits per heavy atom. The predicted octanol–water partition coefficient (Wildman–Crippen LogP) is 2.45. The molecule has 2 aliphatic rings. The number of nitrogens with zero attached hydrogens (tertiary/aromatic N) is 3. The van der Waals surface area contributed by atoms with E-state index in [4.69, 9.17) is 0 Å². The SMILES string of the molecule is O=C1C(N2CCN(c3ccc(O)cc3)CC2)CCN1Cc1ccc(F)cc1. The van der Waals surface area contributed by atoms with Crippen LogP contribution in [0.5, 0.6) is 5.75 Å². The van der Waals surface area contributed by atoms with E-state index < -0.39 is 0 Å². The number of rotatable bonds is 4. The summed E-state index contributed by atoms with van der Waals surface area (Å²) in [5, 5.41) is 9.43. The minimum atomic E-state index is -0.254. The molecule has 2 aliphatic heterocycles. The van der Waals surface area contributed by atoms with E-state index in [-0.39, 0.29) is 23.5 Å². The number of aromatic hydroxyl groups is 1. The molecule has 2 aromatic carbocycles. The molecule has 0 bridgehead atoms. The van der Waals surface area contributed by atoms with Crippen molar-refractivity contribution in [2.45, 2.75) is 19.0 Å². The lowest BCUT2D eigenvalue weighted by atomic mass is 10.1. The van der Waals surface area contributed by atoms with Crippen LogP contribution in [-0.4, -0.2) is 59.6 Å². The van der Waals surface area contributed by atoms with E-state index in [1.807, 2.05) is 17.0 Å². The molecule has 2 heterocycles. The first-order chi connectivity index (χ1) is 13.1. The number of piperazine rings is 1. The number of amides is 1. The second kappa shape index (κ2) is 7.56. The van der Waals surface area contributed by atoms with Crippen LogP contribution < -0.4 is 4.90 Å². The highest BCUT2D eigenvalue weighted by Crippen LogP contribution is 2.24. The maximum atomic E-state index is 13.1. The first-order valence-corrected chi connectivity index (χ1v) is 9.41. The lowest BCUT2D eigenvalue weighted by molar-refractivity contribution is -0.132. The van der Waals surface area contributed by atoms with Crippen molar-refractivity contribution in [2.24, 2.45) is 0 Å². The fraction of sp³-hybridized carbons (Fsp3) is 0.381. The van der Waals surface area contributed by atoms with E-state index in [1.54, 1.807) is 24.3 Å². The maximum absolute atomic E-state index is 13.1. The van der Waals surface area contributed by atoms with Crippen molar-refractivity contribution in [3.8, 4) is 5.75 Å². The Kier molecular flexibility index (Phi) is 4.99. The van der Waals surface area contributed by atoms with Crippen molar-refractivity contribution in [3.63, 3.8) is 0 Å². The van der Waals surface area contributed by atoms with Crippen LogP contribution in [0.3, 0.4) is 0 Å². The summed E-state index contributed by atoms with van der Waals surface area (Å²) < 4.78 is 13.1. The molecule has 1 unspecified atom stereocenters. The van der Waals surface area contributed by atoms with Crippen LogP contribution >= 0.6 is 0 Å². The Morgan fingerprint density at radius 2 is 1.59 bits per heavy atom. The fourth-order valence-electron chi connectivity index (χ4n) is 3.98. The van der Waals surface area contributed by atoms with E-state index in [1.165, 1.54) is 12.1 Å². The Labute approximate surface area is 158 Å². The number of carbonyl (C=O) groups excluding carboxylic acids is 1. The van der Waals surface area contributed by atoms with Gasteiger partial charge in [-0.25, -0.2) is 4.39 Å². The predicted molar refractivity (Wildman–Crippen MR) is 102 cm³/mol. The topological polar surface area (TPSA) is 47.0 Å². The molecule has 142 valence electrons. The fourth-order valence-corrected chi connectivity index (χ4v) is 3.98. The van der Waals surface area contributed by atoms with E-state index in [2.05, 4.69) is 9.80 Å². The van der Waals surface area contributed by atoms with Gasteiger partial charge >= 0.3 is 0 Å². The molecule has 5 nitrogen and oxygen atoms in total. The zero-order valence-corrected chi connectivity index (χ0v) is 15.2. The summed E-state index contributed by atoms with van der Waals surface area (Å²) in [6, 6.07) is 13.6. The molecule has 4 rings (SSSR count). The second-order valence-electron chi connectivity index (χ2n) is 7.23. The lowest BCUT2D eigenvalue weighted by Crippen LogP contribution is -2.52. The van der Waals surface area contributed by atoms with Crippen LogP contribution in [0.2, 0.25) is 0 Å². The number of anilines is 1. The van der Waals surface area contributed by atoms with Crippen LogP contribution in [0, 0.1) is 5.82 Å². The van der Waals surface area contributed by atoms with E-state index in [0.29, 0.717) is 6.54 Å². The van der Waals surface area contributed by atoms with Crippen molar-refractivity contribution >= 4 is 11.6 Å². The molecule has 0 saturated carbocycles. The number of phenols is 1. The third-order valence-electron chi connectivity index (χ3n) is 5.53. The van der Waals surface area contributed by atoms with Gasteiger partial charge in [0, 0.05) is 45.0 Å². The highest BCUT2D eigenvalue weighted by molar-refractivity contribution is 5.84. The Hall–Kier alpha value is -2.60. The molecule has 6 heteroatoms. The highest BCUT2D eigenvalue weighted by atomic mass is 19.1. The lowest BCUT2D eigenvalue weighted by Gasteiger charge is -2.38. The number of carbonyl (C=O) groups is 1. The Bertz CT molecular complexity index is 786. The van der Waals surface area contributed by atoms with Crippen molar-refractivity contribution in [1.82, 2.24) is 9.80 Å². The number of phenolic OH excluding ortho intramolecular Hbond substituents is 1. The first kappa shape index (κ1) is 17.8. The number of likely N-dealkylation sites (tertiary alicyclic amines) is 1. The quantitative estimate of drug-likeness (QED) is 0.899. The summed E-state index contributed by atoms with van der Waals surface area (Å²) in [7, 11) is 0. The number of halogens is 1. The van der Waals surface area contributed by atoms with E-state index in [0.717, 1.165) is 50.4 Å². The van der Waals surface area contributed by atoms with Crippen LogP contribution in [0.4, 0.5) is 10.1 Å². The molecule has 1 amide bonds. The second-order valence-corrected chi connectivity index (χ2v) is 7.23. The molecule has 2 aromatic rings. The minimum Gasteiger partial charge on any atom is -0.508 e. The number of hydrogen-bond donors (Lipinski definition) is 1. The van der Waals surface area contributed by atoms with Gasteiger partial charge in [0.05, 0.1) is 6.04 Å². The summed E-state index contributed by atoms with van der Waals surface area (Å²) in [6.45, 7) is 4.73. The monoisotopic (exact) mass is 369 g/mol. The van der Waals surface area contributed by atoms with Crippen molar-refractivity contribution in [1.29, 1.82) is 0 Å². The first-order valence-electron chi connectivity index (χ1n) is 9.41. The summed E-state index contributed by atoms with van der Waals surface area (Å²) >= 11 is 0. The molecule has 1 atom stereocenters.